The molecule has 4 nitrogen and oxygen atoms in total. The fourth-order valence-electron chi connectivity index (χ4n) is 1.70. The van der Waals surface area contributed by atoms with Crippen LogP contribution in [0.3, 0.4) is 0 Å². The number of hydrogen-bond acceptors (Lipinski definition) is 4. The zero-order valence-corrected chi connectivity index (χ0v) is 13.1. The standard InChI is InChI=1S/C13H21ClN2O2S/c1-9(2)10(7-15)8-16-13-6-11(19(3,17)18)4-5-12(13)14/h4-6,9-10,16H,7-8,15H2,1-3H3. The molecule has 6 heteroatoms. The maximum atomic E-state index is 11.5. The first kappa shape index (κ1) is 16.3. The van der Waals surface area contributed by atoms with Gasteiger partial charge in [0.1, 0.15) is 0 Å². The molecular formula is C13H21ClN2O2S. The minimum absolute atomic E-state index is 0.258. The number of nitrogens with one attached hydrogen (secondary N) is 1. The Morgan fingerprint density at radius 3 is 2.47 bits per heavy atom. The third-order valence-corrected chi connectivity index (χ3v) is 4.61. The van der Waals surface area contributed by atoms with E-state index in [1.165, 1.54) is 12.3 Å². The lowest BCUT2D eigenvalue weighted by molar-refractivity contribution is 0.413. The first-order valence-electron chi connectivity index (χ1n) is 6.19. The monoisotopic (exact) mass is 304 g/mol. The summed E-state index contributed by atoms with van der Waals surface area (Å²) < 4.78 is 23.0. The molecule has 108 valence electrons. The van der Waals surface area contributed by atoms with Gasteiger partial charge in [-0.2, -0.15) is 0 Å². The van der Waals surface area contributed by atoms with Gasteiger partial charge in [-0.15, -0.1) is 0 Å². The summed E-state index contributed by atoms with van der Waals surface area (Å²) in [6.45, 7) is 5.45. The molecule has 0 heterocycles. The lowest BCUT2D eigenvalue weighted by Gasteiger charge is -2.20. The van der Waals surface area contributed by atoms with Gasteiger partial charge in [0.15, 0.2) is 9.84 Å². The molecule has 1 aromatic carbocycles. The Labute approximate surface area is 120 Å². The predicted molar refractivity (Wildman–Crippen MR) is 80.4 cm³/mol. The summed E-state index contributed by atoms with van der Waals surface area (Å²) in [5, 5.41) is 3.69. The quantitative estimate of drug-likeness (QED) is 0.846. The second-order valence-electron chi connectivity index (χ2n) is 5.03. The minimum atomic E-state index is -3.23. The van der Waals surface area contributed by atoms with Crippen LogP contribution in [-0.2, 0) is 9.84 Å². The van der Waals surface area contributed by atoms with Gasteiger partial charge in [0.2, 0.25) is 0 Å². The van der Waals surface area contributed by atoms with Crippen LogP contribution in [0.25, 0.3) is 0 Å². The summed E-state index contributed by atoms with van der Waals surface area (Å²) in [4.78, 5) is 0.258. The fourth-order valence-corrected chi connectivity index (χ4v) is 2.53. The topological polar surface area (TPSA) is 72.2 Å². The number of hydrogen-bond donors (Lipinski definition) is 2. The second-order valence-corrected chi connectivity index (χ2v) is 7.46. The molecule has 0 spiro atoms. The number of rotatable bonds is 6. The molecule has 3 N–H and O–H groups in total. The molecule has 1 unspecified atom stereocenters. The van der Waals surface area contributed by atoms with Gasteiger partial charge in [-0.05, 0) is 36.6 Å². The van der Waals surface area contributed by atoms with Crippen molar-refractivity contribution in [2.45, 2.75) is 18.7 Å². The van der Waals surface area contributed by atoms with E-state index < -0.39 is 9.84 Å². The van der Waals surface area contributed by atoms with Gasteiger partial charge in [-0.1, -0.05) is 25.4 Å². The Morgan fingerprint density at radius 1 is 1.37 bits per heavy atom. The molecule has 0 amide bonds. The van der Waals surface area contributed by atoms with Gasteiger partial charge in [0.05, 0.1) is 15.6 Å². The number of sulfone groups is 1. The van der Waals surface area contributed by atoms with E-state index in [-0.39, 0.29) is 4.90 Å². The number of nitrogens with two attached hydrogens (primary N) is 1. The van der Waals surface area contributed by atoms with Crippen LogP contribution in [0, 0.1) is 11.8 Å². The molecule has 0 aliphatic rings. The summed E-state index contributed by atoms with van der Waals surface area (Å²) in [5.74, 6) is 0.771. The van der Waals surface area contributed by atoms with Crippen LogP contribution in [0.4, 0.5) is 5.69 Å². The molecule has 1 atom stereocenters. The van der Waals surface area contributed by atoms with E-state index in [2.05, 4.69) is 19.2 Å². The average Bonchev–Trinajstić information content (AvgIpc) is 2.30. The Hall–Kier alpha value is -0.780. The molecule has 0 aliphatic heterocycles. The first-order valence-corrected chi connectivity index (χ1v) is 8.46. The van der Waals surface area contributed by atoms with Crippen LogP contribution in [0.5, 0.6) is 0 Å². The van der Waals surface area contributed by atoms with Crippen molar-refractivity contribution >= 4 is 27.1 Å². The predicted octanol–water partition coefficient (Wildman–Crippen LogP) is 2.39. The van der Waals surface area contributed by atoms with E-state index in [0.717, 1.165) is 0 Å². The highest BCUT2D eigenvalue weighted by atomic mass is 35.5. The molecule has 0 fully saturated rings. The van der Waals surface area contributed by atoms with Crippen molar-refractivity contribution in [1.82, 2.24) is 0 Å². The van der Waals surface area contributed by atoms with Crippen molar-refractivity contribution in [3.8, 4) is 0 Å². The van der Waals surface area contributed by atoms with Crippen LogP contribution in [-0.4, -0.2) is 27.8 Å². The van der Waals surface area contributed by atoms with Crippen LogP contribution in [0.1, 0.15) is 13.8 Å². The zero-order valence-electron chi connectivity index (χ0n) is 11.5. The number of anilines is 1. The van der Waals surface area contributed by atoms with E-state index in [4.69, 9.17) is 17.3 Å². The van der Waals surface area contributed by atoms with Crippen molar-refractivity contribution in [1.29, 1.82) is 0 Å². The minimum Gasteiger partial charge on any atom is -0.383 e. The Balaban J connectivity index is 2.89. The van der Waals surface area contributed by atoms with Crippen molar-refractivity contribution < 1.29 is 8.42 Å². The Kier molecular flexibility index (Phi) is 5.64. The van der Waals surface area contributed by atoms with Crippen molar-refractivity contribution in [3.63, 3.8) is 0 Å². The summed E-state index contributed by atoms with van der Waals surface area (Å²) in [7, 11) is -3.23. The molecule has 0 bridgehead atoms. The lowest BCUT2D eigenvalue weighted by atomic mass is 9.96. The van der Waals surface area contributed by atoms with E-state index in [1.54, 1.807) is 12.1 Å². The molecule has 1 aromatic rings. The van der Waals surface area contributed by atoms with Crippen molar-refractivity contribution in [2.24, 2.45) is 17.6 Å². The van der Waals surface area contributed by atoms with Crippen molar-refractivity contribution in [2.75, 3.05) is 24.7 Å². The number of benzene rings is 1. The normalized spacial score (nSPS) is 13.6. The summed E-state index contributed by atoms with van der Waals surface area (Å²) in [6.07, 6.45) is 1.18. The van der Waals surface area contributed by atoms with Crippen LogP contribution in [0.15, 0.2) is 23.1 Å². The average molecular weight is 305 g/mol. The zero-order chi connectivity index (χ0) is 14.6. The Bertz CT molecular complexity index is 529. The van der Waals surface area contributed by atoms with Crippen molar-refractivity contribution in [3.05, 3.63) is 23.2 Å². The third kappa shape index (κ3) is 4.67. The van der Waals surface area contributed by atoms with Crippen LogP contribution in [0.2, 0.25) is 5.02 Å². The SMILES string of the molecule is CC(C)C(CN)CNc1cc(S(C)(=O)=O)ccc1Cl. The Morgan fingerprint density at radius 2 is 2.00 bits per heavy atom. The maximum Gasteiger partial charge on any atom is 0.175 e. The smallest absolute Gasteiger partial charge is 0.175 e. The highest BCUT2D eigenvalue weighted by Crippen LogP contribution is 2.25. The number of halogens is 1. The summed E-state index contributed by atoms with van der Waals surface area (Å²) >= 11 is 6.06. The largest absolute Gasteiger partial charge is 0.383 e. The highest BCUT2D eigenvalue weighted by molar-refractivity contribution is 7.90. The van der Waals surface area contributed by atoms with Gasteiger partial charge in [-0.3, -0.25) is 0 Å². The first-order chi connectivity index (χ1) is 8.75. The van der Waals surface area contributed by atoms with E-state index >= 15 is 0 Å². The van der Waals surface area contributed by atoms with Gasteiger partial charge >= 0.3 is 0 Å². The van der Waals surface area contributed by atoms with Gasteiger partial charge < -0.3 is 11.1 Å². The molecular weight excluding hydrogens is 284 g/mol. The van der Waals surface area contributed by atoms with Gasteiger partial charge in [0, 0.05) is 12.8 Å². The summed E-state index contributed by atoms with van der Waals surface area (Å²) in [5.41, 5.74) is 6.33. The van der Waals surface area contributed by atoms with Gasteiger partial charge in [0.25, 0.3) is 0 Å². The molecule has 0 saturated heterocycles. The third-order valence-electron chi connectivity index (χ3n) is 3.17. The van der Waals surface area contributed by atoms with Gasteiger partial charge in [-0.25, -0.2) is 8.42 Å². The van der Waals surface area contributed by atoms with Crippen LogP contribution >= 0.6 is 11.6 Å². The molecule has 0 aliphatic carbocycles. The van der Waals surface area contributed by atoms with E-state index in [1.807, 2.05) is 0 Å². The van der Waals surface area contributed by atoms with E-state index in [0.29, 0.717) is 35.6 Å². The second kappa shape index (κ2) is 6.59. The molecule has 1 rings (SSSR count). The lowest BCUT2D eigenvalue weighted by Crippen LogP contribution is -2.27. The van der Waals surface area contributed by atoms with E-state index in [9.17, 15) is 8.42 Å². The fraction of sp³-hybridized carbons (Fsp3) is 0.538. The van der Waals surface area contributed by atoms with Crippen LogP contribution < -0.4 is 11.1 Å². The highest BCUT2D eigenvalue weighted by Gasteiger charge is 2.14. The summed E-state index contributed by atoms with van der Waals surface area (Å²) in [6, 6.07) is 4.66. The molecule has 19 heavy (non-hydrogen) atoms. The molecule has 0 saturated carbocycles. The molecule has 0 aromatic heterocycles. The molecule has 0 radical (unpaired) electrons. The maximum absolute atomic E-state index is 11.5.